The highest BCUT2D eigenvalue weighted by Gasteiger charge is 2.06. The molecule has 2 rings (SSSR count). The molecule has 6 nitrogen and oxygen atoms in total. The lowest BCUT2D eigenvalue weighted by Gasteiger charge is -2.11. The maximum Gasteiger partial charge on any atom is 0.193 e. The lowest BCUT2D eigenvalue weighted by Crippen LogP contribution is -2.22. The second-order valence-corrected chi connectivity index (χ2v) is 5.68. The zero-order valence-electron chi connectivity index (χ0n) is 14.9. The number of aliphatic hydroxyl groups excluding tert-OH is 1. The molecule has 0 heterocycles. The van der Waals surface area contributed by atoms with Crippen LogP contribution in [0.2, 0.25) is 0 Å². The Balaban J connectivity index is 2.03. The van der Waals surface area contributed by atoms with Gasteiger partial charge in [0.1, 0.15) is 6.61 Å². The zero-order valence-corrected chi connectivity index (χ0v) is 14.9. The van der Waals surface area contributed by atoms with E-state index >= 15 is 0 Å². The predicted molar refractivity (Wildman–Crippen MR) is 100 cm³/mol. The van der Waals surface area contributed by atoms with E-state index < -0.39 is 0 Å². The molecule has 0 bridgehead atoms. The average molecular weight is 343 g/mol. The Bertz CT molecular complexity index is 745. The Labute approximate surface area is 148 Å². The molecule has 0 aliphatic rings. The van der Waals surface area contributed by atoms with Gasteiger partial charge >= 0.3 is 0 Å². The molecule has 0 aromatic heterocycles. The molecule has 0 saturated carbocycles. The van der Waals surface area contributed by atoms with Crippen LogP contribution in [0.4, 0.5) is 5.69 Å². The Morgan fingerprint density at radius 3 is 2.60 bits per heavy atom. The van der Waals surface area contributed by atoms with Gasteiger partial charge in [0.25, 0.3) is 0 Å². The fourth-order valence-electron chi connectivity index (χ4n) is 2.27. The molecule has 0 atom stereocenters. The van der Waals surface area contributed by atoms with Gasteiger partial charge in [0, 0.05) is 5.69 Å². The van der Waals surface area contributed by atoms with Gasteiger partial charge < -0.3 is 25.6 Å². The summed E-state index contributed by atoms with van der Waals surface area (Å²) in [5.41, 5.74) is 10.2. The smallest absolute Gasteiger partial charge is 0.193 e. The van der Waals surface area contributed by atoms with E-state index in [0.717, 1.165) is 11.3 Å². The summed E-state index contributed by atoms with van der Waals surface area (Å²) in [6, 6.07) is 11.6. The number of nitrogens with two attached hydrogens (primary N) is 1. The van der Waals surface area contributed by atoms with Crippen LogP contribution >= 0.6 is 0 Å². The fraction of sp³-hybridized carbons (Fsp3) is 0.316. The summed E-state index contributed by atoms with van der Waals surface area (Å²) in [6.07, 6.45) is 0. The Hall–Kier alpha value is -2.73. The summed E-state index contributed by atoms with van der Waals surface area (Å²) in [6.45, 7) is 4.72. The monoisotopic (exact) mass is 343 g/mol. The number of ether oxygens (including phenoxy) is 2. The van der Waals surface area contributed by atoms with Crippen molar-refractivity contribution in [2.24, 2.45) is 10.7 Å². The third-order valence-electron chi connectivity index (χ3n) is 3.79. The van der Waals surface area contributed by atoms with Crippen LogP contribution in [-0.4, -0.2) is 31.4 Å². The Kier molecular flexibility index (Phi) is 6.65. The van der Waals surface area contributed by atoms with E-state index in [9.17, 15) is 0 Å². The van der Waals surface area contributed by atoms with Crippen molar-refractivity contribution < 1.29 is 14.6 Å². The second-order valence-electron chi connectivity index (χ2n) is 5.68. The predicted octanol–water partition coefficient (Wildman–Crippen LogP) is 2.61. The number of nitrogens with zero attached hydrogens (tertiary/aromatic N) is 1. The molecule has 2 aromatic carbocycles. The van der Waals surface area contributed by atoms with E-state index in [0.29, 0.717) is 24.0 Å². The highest BCUT2D eigenvalue weighted by atomic mass is 16.5. The first kappa shape index (κ1) is 18.6. The van der Waals surface area contributed by atoms with Gasteiger partial charge in [-0.05, 0) is 54.8 Å². The van der Waals surface area contributed by atoms with E-state index in [1.165, 1.54) is 11.1 Å². The molecule has 0 aliphatic heterocycles. The molecule has 0 radical (unpaired) electrons. The summed E-state index contributed by atoms with van der Waals surface area (Å²) in [5, 5.41) is 11.9. The molecule has 0 amide bonds. The number of aryl methyl sites for hydroxylation is 2. The molecule has 2 aromatic rings. The van der Waals surface area contributed by atoms with E-state index in [1.807, 2.05) is 30.3 Å². The van der Waals surface area contributed by atoms with E-state index in [1.54, 1.807) is 13.2 Å². The zero-order chi connectivity index (χ0) is 18.2. The van der Waals surface area contributed by atoms with Gasteiger partial charge in [-0.1, -0.05) is 12.1 Å². The van der Waals surface area contributed by atoms with Crippen LogP contribution in [-0.2, 0) is 6.54 Å². The van der Waals surface area contributed by atoms with Crippen molar-refractivity contribution in [2.45, 2.75) is 20.4 Å². The van der Waals surface area contributed by atoms with Crippen molar-refractivity contribution in [3.63, 3.8) is 0 Å². The first-order valence-corrected chi connectivity index (χ1v) is 8.08. The maximum absolute atomic E-state index is 8.84. The molecule has 6 heteroatoms. The number of anilines is 1. The van der Waals surface area contributed by atoms with Crippen LogP contribution in [0.5, 0.6) is 11.5 Å². The topological polar surface area (TPSA) is 89.1 Å². The van der Waals surface area contributed by atoms with Gasteiger partial charge in [-0.15, -0.1) is 0 Å². The molecular formula is C19H25N3O3. The lowest BCUT2D eigenvalue weighted by atomic mass is 10.1. The van der Waals surface area contributed by atoms with Crippen LogP contribution in [0.1, 0.15) is 16.7 Å². The van der Waals surface area contributed by atoms with Gasteiger partial charge in [-0.25, -0.2) is 4.99 Å². The minimum Gasteiger partial charge on any atom is -0.493 e. The quantitative estimate of drug-likeness (QED) is 0.531. The molecule has 0 spiro atoms. The van der Waals surface area contributed by atoms with Crippen LogP contribution in [0, 0.1) is 13.8 Å². The molecule has 0 fully saturated rings. The molecule has 25 heavy (non-hydrogen) atoms. The first-order valence-electron chi connectivity index (χ1n) is 8.08. The standard InChI is InChI=1S/C19H25N3O3/c1-13-4-6-16(10-14(13)2)22-19(20)21-12-15-5-7-17(25-9-8-23)18(11-15)24-3/h4-7,10-11,23H,8-9,12H2,1-3H3,(H3,20,21,22). The SMILES string of the molecule is COc1cc(CN=C(N)Nc2ccc(C)c(C)c2)ccc1OCCO. The summed E-state index contributed by atoms with van der Waals surface area (Å²) in [4.78, 5) is 4.36. The summed E-state index contributed by atoms with van der Waals surface area (Å²) in [7, 11) is 1.57. The van der Waals surface area contributed by atoms with Gasteiger partial charge in [0.2, 0.25) is 0 Å². The summed E-state index contributed by atoms with van der Waals surface area (Å²) >= 11 is 0. The molecule has 0 aliphatic carbocycles. The van der Waals surface area contributed by atoms with Crippen molar-refractivity contribution in [2.75, 3.05) is 25.6 Å². The van der Waals surface area contributed by atoms with Crippen molar-refractivity contribution in [3.05, 3.63) is 53.1 Å². The number of methoxy groups -OCH3 is 1. The number of aliphatic imine (C=N–C) groups is 1. The van der Waals surface area contributed by atoms with Gasteiger partial charge in [0.05, 0.1) is 20.3 Å². The number of guanidine groups is 1. The molecule has 134 valence electrons. The highest BCUT2D eigenvalue weighted by Crippen LogP contribution is 2.28. The van der Waals surface area contributed by atoms with Gasteiger partial charge in [-0.3, -0.25) is 0 Å². The Morgan fingerprint density at radius 2 is 1.92 bits per heavy atom. The third kappa shape index (κ3) is 5.39. The Morgan fingerprint density at radius 1 is 1.12 bits per heavy atom. The van der Waals surface area contributed by atoms with Crippen LogP contribution in [0.3, 0.4) is 0 Å². The average Bonchev–Trinajstić information content (AvgIpc) is 2.61. The van der Waals surface area contributed by atoms with E-state index in [-0.39, 0.29) is 13.2 Å². The highest BCUT2D eigenvalue weighted by molar-refractivity contribution is 5.92. The molecular weight excluding hydrogens is 318 g/mol. The molecule has 0 saturated heterocycles. The summed E-state index contributed by atoms with van der Waals surface area (Å²) < 4.78 is 10.7. The fourth-order valence-corrected chi connectivity index (χ4v) is 2.27. The van der Waals surface area contributed by atoms with Crippen molar-refractivity contribution in [1.82, 2.24) is 0 Å². The third-order valence-corrected chi connectivity index (χ3v) is 3.79. The number of hydrogen-bond acceptors (Lipinski definition) is 4. The largest absolute Gasteiger partial charge is 0.493 e. The molecule has 4 N–H and O–H groups in total. The normalized spacial score (nSPS) is 11.3. The van der Waals surface area contributed by atoms with Gasteiger partial charge in [-0.2, -0.15) is 0 Å². The first-order chi connectivity index (χ1) is 12.0. The molecule has 0 unspecified atom stereocenters. The summed E-state index contributed by atoms with van der Waals surface area (Å²) in [5.74, 6) is 1.54. The van der Waals surface area contributed by atoms with E-state index in [2.05, 4.69) is 24.2 Å². The minimum atomic E-state index is -0.0457. The van der Waals surface area contributed by atoms with Crippen molar-refractivity contribution in [1.29, 1.82) is 0 Å². The van der Waals surface area contributed by atoms with E-state index in [4.69, 9.17) is 20.3 Å². The van der Waals surface area contributed by atoms with Crippen LogP contribution < -0.4 is 20.5 Å². The van der Waals surface area contributed by atoms with Crippen molar-refractivity contribution >= 4 is 11.6 Å². The number of benzene rings is 2. The second kappa shape index (κ2) is 8.94. The maximum atomic E-state index is 8.84. The number of nitrogens with one attached hydrogen (secondary N) is 1. The minimum absolute atomic E-state index is 0.0457. The van der Waals surface area contributed by atoms with Crippen LogP contribution in [0.25, 0.3) is 0 Å². The van der Waals surface area contributed by atoms with Crippen molar-refractivity contribution in [3.8, 4) is 11.5 Å². The number of aliphatic hydroxyl groups is 1. The lowest BCUT2D eigenvalue weighted by molar-refractivity contribution is 0.196. The van der Waals surface area contributed by atoms with Gasteiger partial charge in [0.15, 0.2) is 17.5 Å². The number of rotatable bonds is 7. The number of hydrogen-bond donors (Lipinski definition) is 3. The van der Waals surface area contributed by atoms with Crippen LogP contribution in [0.15, 0.2) is 41.4 Å².